The van der Waals surface area contributed by atoms with Crippen molar-refractivity contribution in [2.75, 3.05) is 5.75 Å². The second kappa shape index (κ2) is 9.51. The number of benzene rings is 2. The van der Waals surface area contributed by atoms with E-state index in [-0.39, 0.29) is 11.4 Å². The van der Waals surface area contributed by atoms with Gasteiger partial charge in [0.25, 0.3) is 5.91 Å². The highest BCUT2D eigenvalue weighted by Crippen LogP contribution is 2.40. The van der Waals surface area contributed by atoms with Gasteiger partial charge in [0.15, 0.2) is 0 Å². The minimum atomic E-state index is -1.18. The van der Waals surface area contributed by atoms with Crippen LogP contribution < -0.4 is 11.1 Å². The average Bonchev–Trinajstić information content (AvgIpc) is 2.82. The number of aliphatic carboxylic acids is 1. The van der Waals surface area contributed by atoms with Gasteiger partial charge in [-0.3, -0.25) is 14.5 Å². The first kappa shape index (κ1) is 22.6. The number of fused-ring (bicyclic) bond motifs is 1. The molecule has 0 aromatic heterocycles. The summed E-state index contributed by atoms with van der Waals surface area (Å²) in [5, 5.41) is 21.3. The Morgan fingerprint density at radius 1 is 1.18 bits per heavy atom. The van der Waals surface area contributed by atoms with Crippen molar-refractivity contribution in [1.29, 1.82) is 0 Å². The number of rotatable bonds is 7. The SMILES string of the molecule is NC(C(=O)N[C@@H]1C(=O)N2C(C(=O)O)=C(/C=C\Cc3ccccc3)CS[C@H]12)c1ccc(O)cc1. The van der Waals surface area contributed by atoms with Crippen LogP contribution in [0.1, 0.15) is 17.2 Å². The summed E-state index contributed by atoms with van der Waals surface area (Å²) in [5.74, 6) is -1.76. The molecule has 33 heavy (non-hydrogen) atoms. The third kappa shape index (κ3) is 4.64. The molecule has 2 aromatic carbocycles. The predicted molar refractivity (Wildman–Crippen MR) is 124 cm³/mol. The maximum Gasteiger partial charge on any atom is 0.352 e. The standard InChI is InChI=1S/C24H23N3O5S/c25-18(15-9-11-17(28)12-10-15)21(29)26-19-22(30)27-20(24(31)32)16(13-33-23(19)27)8-4-7-14-5-2-1-3-6-14/h1-6,8-12,18-19,23,28H,7,13,25H2,(H,26,29)(H,31,32)/b8-4-/t18?,19-,23-/m1/s1. The van der Waals surface area contributed by atoms with Gasteiger partial charge in [0, 0.05) is 5.75 Å². The lowest BCUT2D eigenvalue weighted by Gasteiger charge is -2.49. The maximum absolute atomic E-state index is 12.8. The number of carbonyl (C=O) groups excluding carboxylic acids is 2. The van der Waals surface area contributed by atoms with Crippen molar-refractivity contribution in [3.05, 3.63) is 89.1 Å². The van der Waals surface area contributed by atoms with Crippen LogP contribution in [0.3, 0.4) is 0 Å². The lowest BCUT2D eigenvalue weighted by atomic mass is 10.0. The molecular formula is C24H23N3O5S. The van der Waals surface area contributed by atoms with Crippen molar-refractivity contribution in [2.24, 2.45) is 5.73 Å². The normalized spacial score (nSPS) is 20.9. The highest BCUT2D eigenvalue weighted by Gasteiger charge is 2.54. The smallest absolute Gasteiger partial charge is 0.352 e. The van der Waals surface area contributed by atoms with E-state index in [4.69, 9.17) is 5.73 Å². The quantitative estimate of drug-likeness (QED) is 0.459. The molecule has 1 unspecified atom stereocenters. The fourth-order valence-electron chi connectivity index (χ4n) is 3.80. The van der Waals surface area contributed by atoms with Gasteiger partial charge in [-0.1, -0.05) is 54.6 Å². The Hall–Kier alpha value is -3.56. The van der Waals surface area contributed by atoms with E-state index in [1.165, 1.54) is 40.9 Å². The van der Waals surface area contributed by atoms with Crippen molar-refractivity contribution in [3.63, 3.8) is 0 Å². The first-order valence-electron chi connectivity index (χ1n) is 10.3. The fraction of sp³-hybridized carbons (Fsp3) is 0.208. The van der Waals surface area contributed by atoms with Crippen molar-refractivity contribution in [1.82, 2.24) is 10.2 Å². The minimum absolute atomic E-state index is 0.0522. The molecule has 0 spiro atoms. The molecule has 1 saturated heterocycles. The maximum atomic E-state index is 12.8. The van der Waals surface area contributed by atoms with Crippen molar-refractivity contribution in [2.45, 2.75) is 23.9 Å². The van der Waals surface area contributed by atoms with Gasteiger partial charge in [-0.25, -0.2) is 4.79 Å². The molecule has 2 amide bonds. The molecule has 2 heterocycles. The van der Waals surface area contributed by atoms with Gasteiger partial charge >= 0.3 is 5.97 Å². The summed E-state index contributed by atoms with van der Waals surface area (Å²) < 4.78 is 0. The molecule has 5 N–H and O–H groups in total. The Morgan fingerprint density at radius 2 is 1.88 bits per heavy atom. The van der Waals surface area contributed by atoms with Gasteiger partial charge in [0.1, 0.15) is 28.9 Å². The van der Waals surface area contributed by atoms with Crippen LogP contribution in [-0.2, 0) is 20.8 Å². The summed E-state index contributed by atoms with van der Waals surface area (Å²) >= 11 is 1.40. The largest absolute Gasteiger partial charge is 0.508 e. The number of hydrogen-bond acceptors (Lipinski definition) is 6. The van der Waals surface area contributed by atoms with Gasteiger partial charge in [-0.15, -0.1) is 11.8 Å². The van der Waals surface area contributed by atoms with Crippen LogP contribution in [-0.4, -0.2) is 50.1 Å². The van der Waals surface area contributed by atoms with Gasteiger partial charge in [-0.05, 0) is 35.3 Å². The number of nitrogens with zero attached hydrogens (tertiary/aromatic N) is 1. The summed E-state index contributed by atoms with van der Waals surface area (Å²) in [6.07, 6.45) is 4.28. The number of aromatic hydroxyl groups is 1. The van der Waals surface area contributed by atoms with E-state index < -0.39 is 35.2 Å². The number of β-lactam (4-membered cyclic amide) rings is 1. The Kier molecular flexibility index (Phi) is 6.52. The summed E-state index contributed by atoms with van der Waals surface area (Å²) in [7, 11) is 0. The molecule has 2 aliphatic heterocycles. The molecule has 8 nitrogen and oxygen atoms in total. The number of hydrogen-bond donors (Lipinski definition) is 4. The molecule has 2 aromatic rings. The fourth-order valence-corrected chi connectivity index (χ4v) is 5.12. The highest BCUT2D eigenvalue weighted by molar-refractivity contribution is 8.00. The second-order valence-corrected chi connectivity index (χ2v) is 8.84. The predicted octanol–water partition coefficient (Wildman–Crippen LogP) is 1.93. The number of amides is 2. The minimum Gasteiger partial charge on any atom is -0.508 e. The number of nitrogens with one attached hydrogen (secondary N) is 1. The van der Waals surface area contributed by atoms with Gasteiger partial charge < -0.3 is 21.3 Å². The Balaban J connectivity index is 1.45. The number of carboxylic acids is 1. The van der Waals surface area contributed by atoms with E-state index >= 15 is 0 Å². The van der Waals surface area contributed by atoms with E-state index in [9.17, 15) is 24.6 Å². The van der Waals surface area contributed by atoms with E-state index in [1.807, 2.05) is 36.4 Å². The zero-order valence-corrected chi connectivity index (χ0v) is 18.4. The number of phenols is 1. The summed E-state index contributed by atoms with van der Waals surface area (Å²) in [6.45, 7) is 0. The Bertz CT molecular complexity index is 1130. The third-order valence-electron chi connectivity index (χ3n) is 5.55. The monoisotopic (exact) mass is 465 g/mol. The lowest BCUT2D eigenvalue weighted by Crippen LogP contribution is -2.71. The summed E-state index contributed by atoms with van der Waals surface area (Å²) in [4.78, 5) is 38.6. The van der Waals surface area contributed by atoms with Crippen LogP contribution in [0.15, 0.2) is 78.0 Å². The molecule has 0 aliphatic carbocycles. The van der Waals surface area contributed by atoms with Crippen LogP contribution in [0.5, 0.6) is 5.75 Å². The molecule has 1 fully saturated rings. The third-order valence-corrected chi connectivity index (χ3v) is 6.85. The van der Waals surface area contributed by atoms with E-state index in [0.29, 0.717) is 23.3 Å². The van der Waals surface area contributed by atoms with Gasteiger partial charge in [0.2, 0.25) is 5.91 Å². The van der Waals surface area contributed by atoms with E-state index in [2.05, 4.69) is 5.32 Å². The topological polar surface area (TPSA) is 133 Å². The first-order valence-corrected chi connectivity index (χ1v) is 11.4. The lowest BCUT2D eigenvalue weighted by molar-refractivity contribution is -0.150. The van der Waals surface area contributed by atoms with Crippen LogP contribution in [0, 0.1) is 0 Å². The zero-order chi connectivity index (χ0) is 23.5. The van der Waals surface area contributed by atoms with E-state index in [0.717, 1.165) is 5.56 Å². The molecule has 9 heteroatoms. The Morgan fingerprint density at radius 3 is 2.55 bits per heavy atom. The van der Waals surface area contributed by atoms with Crippen LogP contribution in [0.25, 0.3) is 0 Å². The molecular weight excluding hydrogens is 442 g/mol. The molecule has 0 bridgehead atoms. The number of allylic oxidation sites excluding steroid dienone is 2. The molecule has 4 rings (SSSR count). The van der Waals surface area contributed by atoms with Crippen molar-refractivity contribution < 1.29 is 24.6 Å². The molecule has 0 radical (unpaired) electrons. The number of nitrogens with two attached hydrogens (primary N) is 1. The van der Waals surface area contributed by atoms with E-state index in [1.54, 1.807) is 6.08 Å². The molecule has 170 valence electrons. The first-order chi connectivity index (χ1) is 15.9. The van der Waals surface area contributed by atoms with Crippen LogP contribution in [0.2, 0.25) is 0 Å². The average molecular weight is 466 g/mol. The number of carbonyl (C=O) groups is 3. The summed E-state index contributed by atoms with van der Waals surface area (Å²) in [6, 6.07) is 13.8. The van der Waals surface area contributed by atoms with Crippen molar-refractivity contribution in [3.8, 4) is 5.75 Å². The molecule has 3 atom stereocenters. The van der Waals surface area contributed by atoms with Gasteiger partial charge in [0.05, 0.1) is 0 Å². The molecule has 2 aliphatic rings. The number of thioether (sulfide) groups is 1. The zero-order valence-electron chi connectivity index (χ0n) is 17.5. The number of phenolic OH excluding ortho intramolecular Hbond substituents is 1. The number of carboxylic acid groups (broad SMARTS) is 1. The summed E-state index contributed by atoms with van der Waals surface area (Å²) in [5.41, 5.74) is 8.08. The second-order valence-electron chi connectivity index (χ2n) is 7.74. The van der Waals surface area contributed by atoms with Crippen LogP contribution >= 0.6 is 11.8 Å². The Labute approximate surface area is 194 Å². The highest BCUT2D eigenvalue weighted by atomic mass is 32.2. The van der Waals surface area contributed by atoms with Crippen LogP contribution in [0.4, 0.5) is 0 Å². The van der Waals surface area contributed by atoms with Crippen molar-refractivity contribution >= 4 is 29.5 Å². The molecule has 0 saturated carbocycles. The van der Waals surface area contributed by atoms with Gasteiger partial charge in [-0.2, -0.15) is 0 Å².